The summed E-state index contributed by atoms with van der Waals surface area (Å²) in [6.07, 6.45) is 1.59. The number of hydrogen-bond acceptors (Lipinski definition) is 4. The highest BCUT2D eigenvalue weighted by molar-refractivity contribution is 6.30. The summed E-state index contributed by atoms with van der Waals surface area (Å²) in [6.45, 7) is 5.25. The van der Waals surface area contributed by atoms with Crippen molar-refractivity contribution < 1.29 is 23.5 Å². The average molecular weight is 385 g/mol. The number of alkyl carbamates (subject to hydrolysis) is 1. The normalized spacial score (nSPS) is 26.2. The Morgan fingerprint density at radius 2 is 1.81 bits per heavy atom. The van der Waals surface area contributed by atoms with Crippen LogP contribution in [0.3, 0.4) is 0 Å². The maximum Gasteiger partial charge on any atom is 0.408 e. The van der Waals surface area contributed by atoms with Gasteiger partial charge in [0.15, 0.2) is 6.61 Å². The SMILES string of the molecule is CC(C)(C)OC(=O)NC12CC(NC(=O)COc3ccc(F)c(Cl)c3)(C1)C2. The Hall–Kier alpha value is -2.02. The predicted octanol–water partition coefficient (Wildman–Crippen LogP) is 3.17. The van der Waals surface area contributed by atoms with Crippen LogP contribution in [0.5, 0.6) is 5.75 Å². The molecule has 3 saturated carbocycles. The molecular formula is C18H22ClFN2O4. The van der Waals surface area contributed by atoms with Crippen molar-refractivity contribution in [1.29, 1.82) is 0 Å². The zero-order valence-corrected chi connectivity index (χ0v) is 15.7. The minimum absolute atomic E-state index is 0.0579. The van der Waals surface area contributed by atoms with Gasteiger partial charge in [0.25, 0.3) is 5.91 Å². The topological polar surface area (TPSA) is 76.7 Å². The van der Waals surface area contributed by atoms with Crippen molar-refractivity contribution in [2.75, 3.05) is 6.61 Å². The predicted molar refractivity (Wildman–Crippen MR) is 93.7 cm³/mol. The van der Waals surface area contributed by atoms with Crippen LogP contribution in [-0.2, 0) is 9.53 Å². The van der Waals surface area contributed by atoms with Crippen LogP contribution in [0, 0.1) is 5.82 Å². The Morgan fingerprint density at radius 3 is 2.38 bits per heavy atom. The van der Waals surface area contributed by atoms with Gasteiger partial charge in [-0.2, -0.15) is 0 Å². The Bertz CT molecular complexity index is 727. The van der Waals surface area contributed by atoms with E-state index in [4.69, 9.17) is 21.1 Å². The fourth-order valence-corrected chi connectivity index (χ4v) is 3.79. The second kappa shape index (κ2) is 6.30. The third-order valence-corrected chi connectivity index (χ3v) is 4.75. The summed E-state index contributed by atoms with van der Waals surface area (Å²) < 4.78 is 23.7. The highest BCUT2D eigenvalue weighted by atomic mass is 35.5. The lowest BCUT2D eigenvalue weighted by Crippen LogP contribution is -2.84. The van der Waals surface area contributed by atoms with Crippen LogP contribution >= 0.6 is 11.6 Å². The quantitative estimate of drug-likeness (QED) is 0.817. The van der Waals surface area contributed by atoms with Crippen LogP contribution < -0.4 is 15.4 Å². The first-order chi connectivity index (χ1) is 12.0. The van der Waals surface area contributed by atoms with Gasteiger partial charge in [0.05, 0.1) is 10.6 Å². The molecule has 2 amide bonds. The van der Waals surface area contributed by atoms with Gasteiger partial charge in [-0.25, -0.2) is 9.18 Å². The van der Waals surface area contributed by atoms with E-state index >= 15 is 0 Å². The van der Waals surface area contributed by atoms with Gasteiger partial charge in [-0.15, -0.1) is 0 Å². The van der Waals surface area contributed by atoms with Crippen molar-refractivity contribution in [3.63, 3.8) is 0 Å². The summed E-state index contributed by atoms with van der Waals surface area (Å²) in [5, 5.41) is 5.77. The lowest BCUT2D eigenvalue weighted by molar-refractivity contribution is -0.142. The van der Waals surface area contributed by atoms with Crippen LogP contribution in [0.2, 0.25) is 5.02 Å². The van der Waals surface area contributed by atoms with Crippen LogP contribution in [0.1, 0.15) is 40.0 Å². The van der Waals surface area contributed by atoms with Crippen molar-refractivity contribution in [3.05, 3.63) is 29.0 Å². The molecule has 8 heteroatoms. The molecule has 6 nitrogen and oxygen atoms in total. The first kappa shape index (κ1) is 18.8. The summed E-state index contributed by atoms with van der Waals surface area (Å²) in [5.74, 6) is -0.483. The first-order valence-electron chi connectivity index (χ1n) is 8.40. The molecule has 0 spiro atoms. The van der Waals surface area contributed by atoms with Gasteiger partial charge in [-0.05, 0) is 52.2 Å². The summed E-state index contributed by atoms with van der Waals surface area (Å²) in [4.78, 5) is 23.9. The van der Waals surface area contributed by atoms with Crippen LogP contribution in [0.15, 0.2) is 18.2 Å². The lowest BCUT2D eigenvalue weighted by Gasteiger charge is -2.70. The maximum atomic E-state index is 13.1. The Morgan fingerprint density at radius 1 is 1.19 bits per heavy atom. The fraction of sp³-hybridized carbons (Fsp3) is 0.556. The molecule has 0 unspecified atom stereocenters. The molecule has 0 saturated heterocycles. The molecule has 2 N–H and O–H groups in total. The van der Waals surface area contributed by atoms with E-state index in [1.165, 1.54) is 18.2 Å². The van der Waals surface area contributed by atoms with E-state index in [2.05, 4.69) is 10.6 Å². The van der Waals surface area contributed by atoms with E-state index in [0.717, 1.165) is 0 Å². The number of hydrogen-bond donors (Lipinski definition) is 2. The van der Waals surface area contributed by atoms with Crippen molar-refractivity contribution in [1.82, 2.24) is 10.6 Å². The molecule has 0 heterocycles. The monoisotopic (exact) mass is 384 g/mol. The molecule has 4 rings (SSSR count). The van der Waals surface area contributed by atoms with Crippen LogP contribution in [-0.4, -0.2) is 35.3 Å². The fourth-order valence-electron chi connectivity index (χ4n) is 3.62. The third kappa shape index (κ3) is 4.03. The minimum atomic E-state index is -0.542. The van der Waals surface area contributed by atoms with Crippen molar-refractivity contribution >= 4 is 23.6 Å². The molecule has 0 atom stereocenters. The van der Waals surface area contributed by atoms with Gasteiger partial charge in [0, 0.05) is 11.6 Å². The molecule has 3 fully saturated rings. The zero-order valence-electron chi connectivity index (χ0n) is 14.9. The zero-order chi connectivity index (χ0) is 19.2. The van der Waals surface area contributed by atoms with Gasteiger partial charge in [-0.3, -0.25) is 4.79 Å². The van der Waals surface area contributed by atoms with E-state index in [0.29, 0.717) is 25.0 Å². The Balaban J connectivity index is 1.41. The Kier molecular flexibility index (Phi) is 4.55. The molecule has 3 aliphatic carbocycles. The molecular weight excluding hydrogens is 363 g/mol. The number of carbonyl (C=O) groups is 2. The number of amides is 2. The number of halogens is 2. The average Bonchev–Trinajstić information content (AvgIpc) is 2.43. The molecule has 1 aromatic rings. The summed E-state index contributed by atoms with van der Waals surface area (Å²) in [7, 11) is 0. The van der Waals surface area contributed by atoms with Gasteiger partial charge >= 0.3 is 6.09 Å². The third-order valence-electron chi connectivity index (χ3n) is 4.46. The van der Waals surface area contributed by atoms with Crippen molar-refractivity contribution in [3.8, 4) is 5.75 Å². The molecule has 1 aromatic carbocycles. The number of rotatable bonds is 5. The molecule has 0 aliphatic heterocycles. The number of benzene rings is 1. The van der Waals surface area contributed by atoms with E-state index in [1.54, 1.807) is 0 Å². The van der Waals surface area contributed by atoms with Gasteiger partial charge in [0.2, 0.25) is 0 Å². The lowest BCUT2D eigenvalue weighted by atomic mass is 9.44. The summed E-state index contributed by atoms with van der Waals surface area (Å²) >= 11 is 5.67. The smallest absolute Gasteiger partial charge is 0.408 e. The second-order valence-electron chi connectivity index (χ2n) is 8.13. The number of nitrogens with one attached hydrogen (secondary N) is 2. The summed E-state index contributed by atoms with van der Waals surface area (Å²) in [6, 6.07) is 3.92. The second-order valence-corrected chi connectivity index (χ2v) is 8.54. The maximum absolute atomic E-state index is 13.1. The Labute approximate surface area is 156 Å². The van der Waals surface area contributed by atoms with Crippen LogP contribution in [0.4, 0.5) is 9.18 Å². The first-order valence-corrected chi connectivity index (χ1v) is 8.78. The van der Waals surface area contributed by atoms with E-state index in [1.807, 2.05) is 20.8 Å². The molecule has 142 valence electrons. The highest BCUT2D eigenvalue weighted by Crippen LogP contribution is 2.60. The van der Waals surface area contributed by atoms with Crippen LogP contribution in [0.25, 0.3) is 0 Å². The number of carbonyl (C=O) groups excluding carboxylic acids is 2. The van der Waals surface area contributed by atoms with E-state index < -0.39 is 17.5 Å². The van der Waals surface area contributed by atoms with E-state index in [-0.39, 0.29) is 28.6 Å². The van der Waals surface area contributed by atoms with E-state index in [9.17, 15) is 14.0 Å². The molecule has 3 aliphatic rings. The van der Waals surface area contributed by atoms with Gasteiger partial charge in [0.1, 0.15) is 17.2 Å². The summed E-state index contributed by atoms with van der Waals surface area (Å²) in [5.41, 5.74) is -1.10. The van der Waals surface area contributed by atoms with Crippen molar-refractivity contribution in [2.45, 2.75) is 56.7 Å². The minimum Gasteiger partial charge on any atom is -0.484 e. The molecule has 2 bridgehead atoms. The van der Waals surface area contributed by atoms with Gasteiger partial charge < -0.3 is 20.1 Å². The largest absolute Gasteiger partial charge is 0.484 e. The molecule has 0 radical (unpaired) electrons. The standard InChI is InChI=1S/C18H22ClFN2O4/c1-16(2,3)26-15(24)22-18-8-17(9-18,10-18)21-14(23)7-25-11-4-5-13(20)12(19)6-11/h4-6H,7-10H2,1-3H3,(H,21,23)(H,22,24). The molecule has 26 heavy (non-hydrogen) atoms. The van der Waals surface area contributed by atoms with Crippen molar-refractivity contribution in [2.24, 2.45) is 0 Å². The number of ether oxygens (including phenoxy) is 2. The highest BCUT2D eigenvalue weighted by Gasteiger charge is 2.69. The molecule has 0 aromatic heterocycles. The van der Waals surface area contributed by atoms with Gasteiger partial charge in [-0.1, -0.05) is 11.6 Å².